The van der Waals surface area contributed by atoms with Crippen LogP contribution in [-0.2, 0) is 0 Å². The molecule has 2 heterocycles. The molecule has 0 aliphatic carbocycles. The average Bonchev–Trinajstić information content (AvgIpc) is 3.04. The van der Waals surface area contributed by atoms with Crippen molar-refractivity contribution in [2.45, 2.75) is 18.9 Å². The number of hydrogen-bond acceptors (Lipinski definition) is 4. The second-order valence-electron chi connectivity index (χ2n) is 5.08. The molecule has 1 aliphatic heterocycles. The zero-order valence-corrected chi connectivity index (χ0v) is 11.5. The van der Waals surface area contributed by atoms with E-state index >= 15 is 0 Å². The number of nitrogens with zero attached hydrogens (tertiary/aromatic N) is 2. The number of amides is 1. The van der Waals surface area contributed by atoms with Gasteiger partial charge in [-0.1, -0.05) is 17.3 Å². The van der Waals surface area contributed by atoms with Gasteiger partial charge >= 0.3 is 0 Å². The third kappa shape index (κ3) is 3.04. The van der Waals surface area contributed by atoms with Gasteiger partial charge in [0.15, 0.2) is 5.69 Å². The van der Waals surface area contributed by atoms with Crippen molar-refractivity contribution in [2.75, 3.05) is 18.4 Å². The van der Waals surface area contributed by atoms with E-state index in [-0.39, 0.29) is 17.8 Å². The van der Waals surface area contributed by atoms with Gasteiger partial charge in [-0.3, -0.25) is 4.79 Å². The molecule has 21 heavy (non-hydrogen) atoms. The first kappa shape index (κ1) is 13.6. The van der Waals surface area contributed by atoms with E-state index in [2.05, 4.69) is 15.0 Å². The summed E-state index contributed by atoms with van der Waals surface area (Å²) in [5.74, 6) is -0.369. The topological polar surface area (TPSA) is 58.4 Å². The normalized spacial score (nSPS) is 16.0. The number of hydrogen-bond donors (Lipinski definition) is 1. The highest BCUT2D eigenvalue weighted by atomic mass is 19.1. The lowest BCUT2D eigenvalue weighted by Crippen LogP contribution is -2.42. The Bertz CT molecular complexity index is 607. The third-order valence-electron chi connectivity index (χ3n) is 3.67. The van der Waals surface area contributed by atoms with Gasteiger partial charge in [-0.15, -0.1) is 0 Å². The number of likely N-dealkylation sites (tertiary alicyclic amines) is 1. The van der Waals surface area contributed by atoms with Crippen molar-refractivity contribution in [2.24, 2.45) is 0 Å². The molecule has 1 N–H and O–H groups in total. The Hall–Kier alpha value is -2.37. The van der Waals surface area contributed by atoms with Gasteiger partial charge in [0.25, 0.3) is 5.91 Å². The second kappa shape index (κ2) is 5.95. The van der Waals surface area contributed by atoms with Gasteiger partial charge in [0, 0.05) is 25.2 Å². The summed E-state index contributed by atoms with van der Waals surface area (Å²) in [6.45, 7) is 1.25. The van der Waals surface area contributed by atoms with E-state index < -0.39 is 0 Å². The molecule has 1 aromatic heterocycles. The van der Waals surface area contributed by atoms with E-state index in [1.165, 1.54) is 12.3 Å². The first-order valence-corrected chi connectivity index (χ1v) is 6.95. The fraction of sp³-hybridized carbons (Fsp3) is 0.333. The van der Waals surface area contributed by atoms with Crippen molar-refractivity contribution >= 4 is 11.6 Å². The van der Waals surface area contributed by atoms with Crippen LogP contribution >= 0.6 is 0 Å². The van der Waals surface area contributed by atoms with Crippen molar-refractivity contribution < 1.29 is 13.7 Å². The Labute approximate surface area is 121 Å². The predicted octanol–water partition coefficient (Wildman–Crippen LogP) is 2.53. The molecule has 1 aromatic carbocycles. The molecule has 0 atom stereocenters. The van der Waals surface area contributed by atoms with Crippen molar-refractivity contribution in [3.63, 3.8) is 0 Å². The van der Waals surface area contributed by atoms with Crippen molar-refractivity contribution in [1.29, 1.82) is 0 Å². The zero-order chi connectivity index (χ0) is 14.7. The molecule has 110 valence electrons. The molecular formula is C15H16FN3O2. The Kier molecular flexibility index (Phi) is 3.85. The second-order valence-corrected chi connectivity index (χ2v) is 5.08. The summed E-state index contributed by atoms with van der Waals surface area (Å²) in [7, 11) is 0. The fourth-order valence-electron chi connectivity index (χ4n) is 2.51. The summed E-state index contributed by atoms with van der Waals surface area (Å²) < 4.78 is 18.3. The minimum Gasteiger partial charge on any atom is -0.380 e. The lowest BCUT2D eigenvalue weighted by atomic mass is 10.0. The maximum Gasteiger partial charge on any atom is 0.276 e. The van der Waals surface area contributed by atoms with Crippen LogP contribution in [-0.4, -0.2) is 35.1 Å². The number of para-hydroxylation sites is 1. The highest BCUT2D eigenvalue weighted by molar-refractivity contribution is 5.92. The third-order valence-corrected chi connectivity index (χ3v) is 3.67. The predicted molar refractivity (Wildman–Crippen MR) is 75.5 cm³/mol. The van der Waals surface area contributed by atoms with Gasteiger partial charge < -0.3 is 14.7 Å². The van der Waals surface area contributed by atoms with Crippen LogP contribution in [0, 0.1) is 5.82 Å². The van der Waals surface area contributed by atoms with E-state index in [0.29, 0.717) is 24.5 Å². The number of piperidine rings is 1. The minimum absolute atomic E-state index is 0.118. The number of halogens is 1. The van der Waals surface area contributed by atoms with Gasteiger partial charge in [-0.25, -0.2) is 4.39 Å². The van der Waals surface area contributed by atoms with Crippen LogP contribution in [0.4, 0.5) is 10.1 Å². The maximum atomic E-state index is 13.6. The number of aromatic nitrogens is 1. The molecule has 0 spiro atoms. The number of carbonyl (C=O) groups excluding carboxylic acids is 1. The standard InChI is InChI=1S/C15H16FN3O2/c16-12-3-1-2-4-13(12)17-11-5-8-19(9-6-11)15(20)14-7-10-21-18-14/h1-4,7,10-11,17H,5-6,8-9H2. The molecule has 1 aliphatic rings. The Morgan fingerprint density at radius 2 is 2.05 bits per heavy atom. The summed E-state index contributed by atoms with van der Waals surface area (Å²) in [4.78, 5) is 13.9. The Balaban J connectivity index is 1.56. The number of rotatable bonds is 3. The molecule has 1 saturated heterocycles. The first-order valence-electron chi connectivity index (χ1n) is 6.95. The number of carbonyl (C=O) groups is 1. The van der Waals surface area contributed by atoms with E-state index in [0.717, 1.165) is 12.8 Å². The number of benzene rings is 1. The highest BCUT2D eigenvalue weighted by Crippen LogP contribution is 2.20. The summed E-state index contributed by atoms with van der Waals surface area (Å²) in [5.41, 5.74) is 0.842. The van der Waals surface area contributed by atoms with E-state index in [9.17, 15) is 9.18 Å². The molecule has 2 aromatic rings. The number of anilines is 1. The van der Waals surface area contributed by atoms with Gasteiger partial charge in [0.2, 0.25) is 0 Å². The van der Waals surface area contributed by atoms with E-state index in [1.807, 2.05) is 0 Å². The Morgan fingerprint density at radius 3 is 2.71 bits per heavy atom. The van der Waals surface area contributed by atoms with Crippen molar-refractivity contribution in [3.05, 3.63) is 48.1 Å². The smallest absolute Gasteiger partial charge is 0.276 e. The molecule has 0 bridgehead atoms. The van der Waals surface area contributed by atoms with Crippen LogP contribution in [0.5, 0.6) is 0 Å². The lowest BCUT2D eigenvalue weighted by Gasteiger charge is -2.32. The van der Waals surface area contributed by atoms with Gasteiger partial charge in [0.05, 0.1) is 5.69 Å². The van der Waals surface area contributed by atoms with Crippen LogP contribution in [0.3, 0.4) is 0 Å². The SMILES string of the molecule is O=C(c1ccon1)N1CCC(Nc2ccccc2F)CC1. The molecular weight excluding hydrogens is 273 g/mol. The van der Waals surface area contributed by atoms with Gasteiger partial charge in [-0.05, 0) is 25.0 Å². The molecule has 5 nitrogen and oxygen atoms in total. The number of nitrogens with one attached hydrogen (secondary N) is 1. The molecule has 1 fully saturated rings. The monoisotopic (exact) mass is 289 g/mol. The summed E-state index contributed by atoms with van der Waals surface area (Å²) in [5, 5.41) is 6.85. The van der Waals surface area contributed by atoms with Crippen molar-refractivity contribution in [3.8, 4) is 0 Å². The first-order chi connectivity index (χ1) is 10.2. The molecule has 3 rings (SSSR count). The summed E-state index contributed by atoms with van der Waals surface area (Å²) in [6, 6.07) is 8.36. The fourth-order valence-corrected chi connectivity index (χ4v) is 2.51. The van der Waals surface area contributed by atoms with E-state index in [4.69, 9.17) is 0 Å². The molecule has 6 heteroatoms. The quantitative estimate of drug-likeness (QED) is 0.943. The highest BCUT2D eigenvalue weighted by Gasteiger charge is 2.25. The summed E-state index contributed by atoms with van der Waals surface area (Å²) in [6.07, 6.45) is 2.94. The average molecular weight is 289 g/mol. The van der Waals surface area contributed by atoms with Crippen molar-refractivity contribution in [1.82, 2.24) is 10.1 Å². The van der Waals surface area contributed by atoms with Gasteiger partial charge in [0.1, 0.15) is 12.1 Å². The Morgan fingerprint density at radius 1 is 1.29 bits per heavy atom. The van der Waals surface area contributed by atoms with Crippen LogP contribution in [0.2, 0.25) is 0 Å². The largest absolute Gasteiger partial charge is 0.380 e. The summed E-state index contributed by atoms with van der Waals surface area (Å²) >= 11 is 0. The lowest BCUT2D eigenvalue weighted by molar-refractivity contribution is 0.0708. The van der Waals surface area contributed by atoms with E-state index in [1.54, 1.807) is 29.2 Å². The van der Waals surface area contributed by atoms with Crippen LogP contribution in [0.1, 0.15) is 23.3 Å². The maximum absolute atomic E-state index is 13.6. The van der Waals surface area contributed by atoms with Gasteiger partial charge in [-0.2, -0.15) is 0 Å². The molecule has 0 saturated carbocycles. The zero-order valence-electron chi connectivity index (χ0n) is 11.5. The minimum atomic E-state index is -0.251. The van der Waals surface area contributed by atoms with Crippen LogP contribution in [0.25, 0.3) is 0 Å². The molecule has 0 unspecified atom stereocenters. The van der Waals surface area contributed by atoms with Crippen LogP contribution < -0.4 is 5.32 Å². The van der Waals surface area contributed by atoms with Crippen LogP contribution in [0.15, 0.2) is 41.1 Å². The molecule has 0 radical (unpaired) electrons. The molecule has 1 amide bonds.